The fourth-order valence-corrected chi connectivity index (χ4v) is 3.98. The number of benzene rings is 1. The number of thiol groups is 1. The van der Waals surface area contributed by atoms with E-state index in [0.29, 0.717) is 12.0 Å². The first-order valence-corrected chi connectivity index (χ1v) is 13.4. The first kappa shape index (κ1) is 34.8. The van der Waals surface area contributed by atoms with Gasteiger partial charge in [0.15, 0.2) is 0 Å². The molecule has 0 saturated carbocycles. The minimum absolute atomic E-state index is 0.0113. The summed E-state index contributed by atoms with van der Waals surface area (Å²) in [5, 5.41) is 21.5. The van der Waals surface area contributed by atoms with E-state index < -0.39 is 72.6 Å². The second kappa shape index (κ2) is 19.0. The summed E-state index contributed by atoms with van der Waals surface area (Å²) in [4.78, 5) is 79.8. The lowest BCUT2D eigenvalue weighted by Gasteiger charge is -2.25. The lowest BCUT2D eigenvalue weighted by molar-refractivity contribution is -0.141. The van der Waals surface area contributed by atoms with Crippen LogP contribution in [-0.4, -0.2) is 97.0 Å². The van der Waals surface area contributed by atoms with E-state index >= 15 is 0 Å². The van der Waals surface area contributed by atoms with Crippen molar-refractivity contribution in [2.24, 2.45) is 16.5 Å². The zero-order chi connectivity index (χ0) is 30.8. The first-order chi connectivity index (χ1) is 19.6. The van der Waals surface area contributed by atoms with E-state index in [-0.39, 0.29) is 25.1 Å². The molecule has 0 bridgehead atoms. The summed E-state index contributed by atoms with van der Waals surface area (Å²) >= 11 is 4.16. The highest BCUT2D eigenvalue weighted by Gasteiger charge is 2.32. The van der Waals surface area contributed by atoms with E-state index in [9.17, 15) is 33.9 Å². The van der Waals surface area contributed by atoms with Crippen molar-refractivity contribution < 1.29 is 33.9 Å². The Labute approximate surface area is 243 Å². The van der Waals surface area contributed by atoms with Gasteiger partial charge in [-0.1, -0.05) is 30.3 Å². The largest absolute Gasteiger partial charge is 0.481 e. The molecular formula is C25H38N8O7S. The monoisotopic (exact) mass is 594 g/mol. The van der Waals surface area contributed by atoms with Gasteiger partial charge < -0.3 is 43.2 Å². The Hall–Kier alpha value is -4.18. The molecule has 1 aliphatic heterocycles. The van der Waals surface area contributed by atoms with Gasteiger partial charge >= 0.3 is 5.97 Å². The molecule has 1 fully saturated rings. The van der Waals surface area contributed by atoms with Gasteiger partial charge in [0.1, 0.15) is 24.2 Å². The Morgan fingerprint density at radius 1 is 0.927 bits per heavy atom. The molecule has 2 rings (SSSR count). The zero-order valence-electron chi connectivity index (χ0n) is 22.7. The molecule has 1 heterocycles. The topological polar surface area (TPSA) is 247 Å². The van der Waals surface area contributed by atoms with Gasteiger partial charge in [0.05, 0.1) is 19.3 Å². The number of carbonyl (C=O) groups is 6. The maximum absolute atomic E-state index is 13.2. The van der Waals surface area contributed by atoms with Crippen LogP contribution in [0.15, 0.2) is 35.3 Å². The van der Waals surface area contributed by atoms with E-state index in [4.69, 9.17) is 5.73 Å². The number of carbonyl (C=O) groups excluding carboxylic acids is 5. The van der Waals surface area contributed by atoms with E-state index in [1.807, 2.05) is 0 Å². The van der Waals surface area contributed by atoms with Crippen molar-refractivity contribution in [1.82, 2.24) is 26.6 Å². The Balaban J connectivity index is 0.00000411. The van der Waals surface area contributed by atoms with Crippen LogP contribution in [0.3, 0.4) is 0 Å². The number of aliphatic imine (C=N–C) groups is 1. The van der Waals surface area contributed by atoms with Crippen LogP contribution in [-0.2, 0) is 35.2 Å². The number of hydrogen-bond acceptors (Lipinski definition) is 9. The SMILES string of the molecule is CN.NC=NCCCC1NC(=O)C(CS)NC(=O)C(Cc2ccccc2)NC(=O)C(CC(=O)O)NC(=O)CNC1=O. The summed E-state index contributed by atoms with van der Waals surface area (Å²) in [6, 6.07) is 3.68. The van der Waals surface area contributed by atoms with Crippen LogP contribution in [0, 0.1) is 0 Å². The average Bonchev–Trinajstić information content (AvgIpc) is 2.96. The lowest BCUT2D eigenvalue weighted by Crippen LogP contribution is -2.58. The average molecular weight is 595 g/mol. The highest BCUT2D eigenvalue weighted by atomic mass is 32.1. The van der Waals surface area contributed by atoms with Gasteiger partial charge in [0.2, 0.25) is 29.5 Å². The molecule has 226 valence electrons. The number of hydrogen-bond donors (Lipinski definition) is 9. The smallest absolute Gasteiger partial charge is 0.305 e. The number of nitrogens with two attached hydrogens (primary N) is 2. The molecular weight excluding hydrogens is 556 g/mol. The van der Waals surface area contributed by atoms with Crippen LogP contribution in [0.2, 0.25) is 0 Å². The van der Waals surface area contributed by atoms with Crippen LogP contribution < -0.4 is 38.1 Å². The van der Waals surface area contributed by atoms with Crippen molar-refractivity contribution in [2.75, 3.05) is 25.9 Å². The maximum atomic E-state index is 13.2. The normalized spacial score (nSPS) is 22.5. The third-order valence-corrected chi connectivity index (χ3v) is 6.07. The summed E-state index contributed by atoms with van der Waals surface area (Å²) in [5.74, 6) is -5.40. The number of carboxylic acid groups (broad SMARTS) is 1. The third kappa shape index (κ3) is 12.7. The number of rotatable bonds is 9. The quantitative estimate of drug-likeness (QED) is 0.0612. The molecule has 0 radical (unpaired) electrons. The van der Waals surface area contributed by atoms with E-state index in [1.54, 1.807) is 30.3 Å². The van der Waals surface area contributed by atoms with Gasteiger partial charge in [-0.05, 0) is 25.5 Å². The Bertz CT molecular complexity index is 1070. The van der Waals surface area contributed by atoms with Gasteiger partial charge in [0.25, 0.3) is 0 Å². The second-order valence-corrected chi connectivity index (χ2v) is 9.05. The van der Waals surface area contributed by atoms with Crippen molar-refractivity contribution in [3.05, 3.63) is 35.9 Å². The molecule has 1 aromatic carbocycles. The number of aliphatic carboxylic acids is 1. The summed E-state index contributed by atoms with van der Waals surface area (Å²) in [7, 11) is 1.50. The summed E-state index contributed by atoms with van der Waals surface area (Å²) in [6.45, 7) is -0.300. The van der Waals surface area contributed by atoms with Crippen molar-refractivity contribution in [3.8, 4) is 0 Å². The standard InChI is InChI=1S/C24H33N7O7S.CH5N/c25-13-26-8-4-7-15-21(35)27-11-19(32)28-17(10-20(33)34)23(37)30-16(9-14-5-2-1-3-6-14)22(36)31-18(12-39)24(38)29-15;1-2/h1-3,5-6,13,15-18,39H,4,7-12H2,(H2,25,26)(H,27,35)(H,28,32)(H,29,38)(H,30,37)(H,31,36)(H,33,34);2H2,1H3. The predicted molar refractivity (Wildman–Crippen MR) is 154 cm³/mol. The van der Waals surface area contributed by atoms with E-state index in [2.05, 4.69) is 49.9 Å². The molecule has 0 spiro atoms. The summed E-state index contributed by atoms with van der Waals surface area (Å²) in [6.07, 6.45) is 0.864. The van der Waals surface area contributed by atoms with Gasteiger partial charge in [-0.15, -0.1) is 0 Å². The maximum Gasteiger partial charge on any atom is 0.305 e. The summed E-state index contributed by atoms with van der Waals surface area (Å²) < 4.78 is 0. The fourth-order valence-electron chi connectivity index (χ4n) is 3.72. The van der Waals surface area contributed by atoms with Gasteiger partial charge in [-0.3, -0.25) is 33.8 Å². The summed E-state index contributed by atoms with van der Waals surface area (Å²) in [5.41, 5.74) is 10.4. The van der Waals surface area contributed by atoms with Crippen LogP contribution in [0.1, 0.15) is 24.8 Å². The highest BCUT2D eigenvalue weighted by molar-refractivity contribution is 7.80. The van der Waals surface area contributed by atoms with Crippen LogP contribution in [0.25, 0.3) is 0 Å². The number of carboxylic acids is 1. The molecule has 4 atom stereocenters. The molecule has 41 heavy (non-hydrogen) atoms. The molecule has 1 aliphatic rings. The lowest BCUT2D eigenvalue weighted by atomic mass is 10.0. The molecule has 10 N–H and O–H groups in total. The molecule has 0 aromatic heterocycles. The fraction of sp³-hybridized carbons (Fsp3) is 0.480. The third-order valence-electron chi connectivity index (χ3n) is 5.70. The molecule has 15 nitrogen and oxygen atoms in total. The highest BCUT2D eigenvalue weighted by Crippen LogP contribution is 2.07. The van der Waals surface area contributed by atoms with E-state index in [0.717, 1.165) is 6.34 Å². The molecule has 1 aromatic rings. The molecule has 16 heteroatoms. The Morgan fingerprint density at radius 3 is 2.12 bits per heavy atom. The minimum atomic E-state index is -1.53. The molecule has 0 aliphatic carbocycles. The van der Waals surface area contributed by atoms with Crippen molar-refractivity contribution >= 4 is 54.5 Å². The number of amides is 5. The van der Waals surface area contributed by atoms with E-state index in [1.165, 1.54) is 7.05 Å². The van der Waals surface area contributed by atoms with Gasteiger partial charge in [-0.25, -0.2) is 0 Å². The second-order valence-electron chi connectivity index (χ2n) is 8.69. The molecule has 5 amide bonds. The number of nitrogens with one attached hydrogen (secondary N) is 5. The molecule has 4 unspecified atom stereocenters. The number of nitrogens with zero attached hydrogens (tertiary/aromatic N) is 1. The predicted octanol–water partition coefficient (Wildman–Crippen LogP) is -2.96. The van der Waals surface area contributed by atoms with Crippen LogP contribution >= 0.6 is 12.6 Å². The Morgan fingerprint density at radius 2 is 1.51 bits per heavy atom. The zero-order valence-corrected chi connectivity index (χ0v) is 23.6. The van der Waals surface area contributed by atoms with Crippen molar-refractivity contribution in [2.45, 2.75) is 49.9 Å². The first-order valence-electron chi connectivity index (χ1n) is 12.8. The minimum Gasteiger partial charge on any atom is -0.481 e. The van der Waals surface area contributed by atoms with Gasteiger partial charge in [0, 0.05) is 18.7 Å². The Kier molecular flexibility index (Phi) is 16.1. The van der Waals surface area contributed by atoms with Gasteiger partial charge in [-0.2, -0.15) is 12.6 Å². The molecule has 1 saturated heterocycles. The van der Waals surface area contributed by atoms with Crippen LogP contribution in [0.4, 0.5) is 0 Å². The van der Waals surface area contributed by atoms with Crippen molar-refractivity contribution in [3.63, 3.8) is 0 Å². The van der Waals surface area contributed by atoms with Crippen molar-refractivity contribution in [1.29, 1.82) is 0 Å². The van der Waals surface area contributed by atoms with Crippen LogP contribution in [0.5, 0.6) is 0 Å².